The van der Waals surface area contributed by atoms with Crippen LogP contribution in [-0.2, 0) is 0 Å². The maximum Gasteiger partial charge on any atom is 0.253 e. The molecule has 1 heterocycles. The SMILES string of the molecule is Cc1ccc(C(=O)N2CCC(C)(C)CC2)cc1. The largest absolute Gasteiger partial charge is 0.339 e. The fraction of sp³-hybridized carbons (Fsp3) is 0.533. The quantitative estimate of drug-likeness (QED) is 0.726. The second-order valence-corrected chi connectivity index (χ2v) is 5.82. The topological polar surface area (TPSA) is 20.3 Å². The van der Waals surface area contributed by atoms with Crippen molar-refractivity contribution in [1.29, 1.82) is 0 Å². The number of likely N-dealkylation sites (tertiary alicyclic amines) is 1. The summed E-state index contributed by atoms with van der Waals surface area (Å²) in [6.45, 7) is 8.37. The summed E-state index contributed by atoms with van der Waals surface area (Å²) in [5.41, 5.74) is 2.40. The summed E-state index contributed by atoms with van der Waals surface area (Å²) in [6, 6.07) is 7.86. The van der Waals surface area contributed by atoms with Gasteiger partial charge in [-0.25, -0.2) is 0 Å². The molecule has 1 amide bonds. The lowest BCUT2D eigenvalue weighted by Gasteiger charge is -2.36. The number of carbonyl (C=O) groups excluding carboxylic acids is 1. The molecule has 1 aliphatic rings. The van der Waals surface area contributed by atoms with Crippen molar-refractivity contribution in [2.45, 2.75) is 33.6 Å². The van der Waals surface area contributed by atoms with Gasteiger partial charge >= 0.3 is 0 Å². The van der Waals surface area contributed by atoms with Gasteiger partial charge in [0.05, 0.1) is 0 Å². The highest BCUT2D eigenvalue weighted by Gasteiger charge is 2.28. The zero-order valence-electron chi connectivity index (χ0n) is 11.0. The van der Waals surface area contributed by atoms with Crippen LogP contribution >= 0.6 is 0 Å². The summed E-state index contributed by atoms with van der Waals surface area (Å²) in [7, 11) is 0. The van der Waals surface area contributed by atoms with Gasteiger partial charge in [-0.1, -0.05) is 31.5 Å². The molecule has 2 nitrogen and oxygen atoms in total. The highest BCUT2D eigenvalue weighted by Crippen LogP contribution is 2.30. The molecule has 2 heteroatoms. The normalized spacial score (nSPS) is 19.1. The van der Waals surface area contributed by atoms with Crippen molar-refractivity contribution in [2.24, 2.45) is 5.41 Å². The molecule has 1 fully saturated rings. The molecule has 1 aromatic rings. The molecule has 0 unspecified atom stereocenters. The summed E-state index contributed by atoms with van der Waals surface area (Å²) in [5.74, 6) is 0.181. The Kier molecular flexibility index (Phi) is 3.23. The van der Waals surface area contributed by atoms with Gasteiger partial charge in [0.2, 0.25) is 0 Å². The zero-order chi connectivity index (χ0) is 12.5. The number of piperidine rings is 1. The van der Waals surface area contributed by atoms with Crippen molar-refractivity contribution in [3.8, 4) is 0 Å². The van der Waals surface area contributed by atoms with Gasteiger partial charge in [0, 0.05) is 18.7 Å². The Labute approximate surface area is 104 Å². The Morgan fingerprint density at radius 1 is 1.12 bits per heavy atom. The first-order valence-electron chi connectivity index (χ1n) is 6.34. The maximum atomic E-state index is 12.2. The number of nitrogens with zero attached hydrogens (tertiary/aromatic N) is 1. The summed E-state index contributed by atoms with van der Waals surface area (Å²) in [4.78, 5) is 14.2. The Morgan fingerprint density at radius 3 is 2.18 bits per heavy atom. The van der Waals surface area contributed by atoms with Gasteiger partial charge in [-0.05, 0) is 37.3 Å². The summed E-state index contributed by atoms with van der Waals surface area (Å²) in [6.07, 6.45) is 2.20. The van der Waals surface area contributed by atoms with Crippen LogP contribution in [0.2, 0.25) is 0 Å². The summed E-state index contributed by atoms with van der Waals surface area (Å²) < 4.78 is 0. The van der Waals surface area contributed by atoms with E-state index >= 15 is 0 Å². The van der Waals surface area contributed by atoms with Gasteiger partial charge in [-0.15, -0.1) is 0 Å². The van der Waals surface area contributed by atoms with E-state index in [4.69, 9.17) is 0 Å². The van der Waals surface area contributed by atoms with E-state index in [0.717, 1.165) is 31.5 Å². The molecule has 2 rings (SSSR count). The van der Waals surface area contributed by atoms with Crippen molar-refractivity contribution in [3.05, 3.63) is 35.4 Å². The van der Waals surface area contributed by atoms with Gasteiger partial charge in [-0.2, -0.15) is 0 Å². The van der Waals surface area contributed by atoms with Crippen molar-refractivity contribution in [3.63, 3.8) is 0 Å². The van der Waals surface area contributed by atoms with E-state index < -0.39 is 0 Å². The number of carbonyl (C=O) groups is 1. The lowest BCUT2D eigenvalue weighted by atomic mass is 9.82. The predicted octanol–water partition coefficient (Wildman–Crippen LogP) is 3.26. The Hall–Kier alpha value is -1.31. The lowest BCUT2D eigenvalue weighted by Crippen LogP contribution is -2.41. The molecule has 0 spiro atoms. The number of aryl methyl sites for hydroxylation is 1. The molecule has 92 valence electrons. The van der Waals surface area contributed by atoms with Gasteiger partial charge in [0.15, 0.2) is 0 Å². The monoisotopic (exact) mass is 231 g/mol. The minimum absolute atomic E-state index is 0.181. The van der Waals surface area contributed by atoms with Crippen LogP contribution in [0.4, 0.5) is 0 Å². The fourth-order valence-electron chi connectivity index (χ4n) is 2.19. The Balaban J connectivity index is 2.04. The van der Waals surface area contributed by atoms with Crippen LogP contribution in [0.15, 0.2) is 24.3 Å². The smallest absolute Gasteiger partial charge is 0.253 e. The van der Waals surface area contributed by atoms with Crippen molar-refractivity contribution < 1.29 is 4.79 Å². The number of hydrogen-bond acceptors (Lipinski definition) is 1. The predicted molar refractivity (Wildman–Crippen MR) is 70.1 cm³/mol. The molecule has 1 aliphatic heterocycles. The van der Waals surface area contributed by atoms with E-state index in [9.17, 15) is 4.79 Å². The van der Waals surface area contributed by atoms with Gasteiger partial charge in [0.1, 0.15) is 0 Å². The van der Waals surface area contributed by atoms with Crippen LogP contribution < -0.4 is 0 Å². The number of hydrogen-bond donors (Lipinski definition) is 0. The molecular formula is C15H21NO. The molecule has 0 aliphatic carbocycles. The second-order valence-electron chi connectivity index (χ2n) is 5.82. The van der Waals surface area contributed by atoms with E-state index in [2.05, 4.69) is 13.8 Å². The van der Waals surface area contributed by atoms with E-state index in [-0.39, 0.29) is 5.91 Å². The van der Waals surface area contributed by atoms with Gasteiger partial charge < -0.3 is 4.90 Å². The third kappa shape index (κ3) is 2.87. The van der Waals surface area contributed by atoms with E-state index in [0.29, 0.717) is 5.41 Å². The van der Waals surface area contributed by atoms with Gasteiger partial charge in [0.25, 0.3) is 5.91 Å². The fourth-order valence-corrected chi connectivity index (χ4v) is 2.19. The van der Waals surface area contributed by atoms with Crippen LogP contribution in [0.5, 0.6) is 0 Å². The van der Waals surface area contributed by atoms with E-state index in [1.165, 1.54) is 5.56 Å². The van der Waals surface area contributed by atoms with E-state index in [1.54, 1.807) is 0 Å². The molecule has 0 bridgehead atoms. The third-order valence-corrected chi connectivity index (χ3v) is 3.70. The first kappa shape index (κ1) is 12.2. The highest BCUT2D eigenvalue weighted by molar-refractivity contribution is 5.94. The molecule has 1 saturated heterocycles. The van der Waals surface area contributed by atoms with Crippen LogP contribution in [-0.4, -0.2) is 23.9 Å². The number of benzene rings is 1. The zero-order valence-corrected chi connectivity index (χ0v) is 11.0. The van der Waals surface area contributed by atoms with Crippen LogP contribution in [0, 0.1) is 12.3 Å². The highest BCUT2D eigenvalue weighted by atomic mass is 16.2. The first-order valence-corrected chi connectivity index (χ1v) is 6.34. The molecule has 0 saturated carbocycles. The molecule has 0 atom stereocenters. The molecule has 1 aromatic carbocycles. The third-order valence-electron chi connectivity index (χ3n) is 3.70. The Bertz CT molecular complexity index is 395. The minimum atomic E-state index is 0.181. The molecular weight excluding hydrogens is 210 g/mol. The standard InChI is InChI=1S/C15H21NO/c1-12-4-6-13(7-5-12)14(17)16-10-8-15(2,3)9-11-16/h4-7H,8-11H2,1-3H3. The molecule has 0 radical (unpaired) electrons. The first-order chi connectivity index (χ1) is 7.98. The van der Waals surface area contributed by atoms with Crippen LogP contribution in [0.25, 0.3) is 0 Å². The summed E-state index contributed by atoms with van der Waals surface area (Å²) >= 11 is 0. The van der Waals surface area contributed by atoms with E-state index in [1.807, 2.05) is 36.1 Å². The van der Waals surface area contributed by atoms with Crippen LogP contribution in [0.3, 0.4) is 0 Å². The molecule has 0 aromatic heterocycles. The average Bonchev–Trinajstić information content (AvgIpc) is 2.29. The van der Waals surface area contributed by atoms with Crippen molar-refractivity contribution in [2.75, 3.05) is 13.1 Å². The maximum absolute atomic E-state index is 12.2. The Morgan fingerprint density at radius 2 is 1.65 bits per heavy atom. The minimum Gasteiger partial charge on any atom is -0.339 e. The van der Waals surface area contributed by atoms with Crippen molar-refractivity contribution in [1.82, 2.24) is 4.90 Å². The molecule has 0 N–H and O–H groups in total. The lowest BCUT2D eigenvalue weighted by molar-refractivity contribution is 0.0630. The number of rotatable bonds is 1. The average molecular weight is 231 g/mol. The molecule has 17 heavy (non-hydrogen) atoms. The van der Waals surface area contributed by atoms with Gasteiger partial charge in [-0.3, -0.25) is 4.79 Å². The van der Waals surface area contributed by atoms with Crippen LogP contribution in [0.1, 0.15) is 42.6 Å². The number of amides is 1. The second kappa shape index (κ2) is 4.52. The summed E-state index contributed by atoms with van der Waals surface area (Å²) in [5, 5.41) is 0. The van der Waals surface area contributed by atoms with Crippen molar-refractivity contribution >= 4 is 5.91 Å².